The average molecular weight is 236 g/mol. The molecule has 0 spiro atoms. The highest BCUT2D eigenvalue weighted by atomic mass is 16.5. The number of benzene rings is 1. The van der Waals surface area contributed by atoms with E-state index >= 15 is 0 Å². The summed E-state index contributed by atoms with van der Waals surface area (Å²) in [5.74, 6) is 0.577. The molecule has 0 amide bonds. The molecule has 0 aliphatic carbocycles. The molecule has 1 aromatic carbocycles. The molecule has 1 aromatic rings. The molecule has 0 aliphatic rings. The highest BCUT2D eigenvalue weighted by Gasteiger charge is 2.10. The third kappa shape index (κ3) is 3.63. The molecule has 0 aliphatic heterocycles. The largest absolute Gasteiger partial charge is 0.495 e. The van der Waals surface area contributed by atoms with Crippen molar-refractivity contribution in [1.29, 1.82) is 5.26 Å². The molecule has 0 radical (unpaired) electrons. The summed E-state index contributed by atoms with van der Waals surface area (Å²) in [5.41, 5.74) is 1.07. The number of ether oxygens (including phenoxy) is 2. The SMILES string of the molecule is COCC(O)CNc1c(C#N)cccc1OC. The van der Waals surface area contributed by atoms with Crippen molar-refractivity contribution in [3.05, 3.63) is 23.8 Å². The Kier molecular flexibility index (Phi) is 5.27. The summed E-state index contributed by atoms with van der Waals surface area (Å²) in [4.78, 5) is 0. The number of aliphatic hydroxyl groups excluding tert-OH is 1. The Morgan fingerprint density at radius 2 is 2.24 bits per heavy atom. The minimum absolute atomic E-state index is 0.240. The lowest BCUT2D eigenvalue weighted by Gasteiger charge is -2.15. The quantitative estimate of drug-likeness (QED) is 0.770. The van der Waals surface area contributed by atoms with Crippen LogP contribution in [0.4, 0.5) is 5.69 Å². The second-order valence-corrected chi connectivity index (χ2v) is 3.48. The lowest BCUT2D eigenvalue weighted by Crippen LogP contribution is -2.24. The Balaban J connectivity index is 2.78. The van der Waals surface area contributed by atoms with E-state index in [1.807, 2.05) is 0 Å². The molecule has 1 rings (SSSR count). The van der Waals surface area contributed by atoms with Gasteiger partial charge in [-0.2, -0.15) is 5.26 Å². The lowest BCUT2D eigenvalue weighted by molar-refractivity contribution is 0.0727. The average Bonchev–Trinajstić information content (AvgIpc) is 2.36. The molecule has 0 fully saturated rings. The number of nitrogens with one attached hydrogen (secondary N) is 1. The minimum atomic E-state index is -0.628. The van der Waals surface area contributed by atoms with E-state index in [0.29, 0.717) is 23.5 Å². The summed E-state index contributed by atoms with van der Waals surface area (Å²) in [6.07, 6.45) is -0.628. The smallest absolute Gasteiger partial charge is 0.143 e. The molecular formula is C12H16N2O3. The van der Waals surface area contributed by atoms with E-state index in [1.165, 1.54) is 14.2 Å². The van der Waals surface area contributed by atoms with Crippen LogP contribution in [0, 0.1) is 11.3 Å². The van der Waals surface area contributed by atoms with Crippen molar-refractivity contribution in [2.75, 3.05) is 32.7 Å². The molecule has 17 heavy (non-hydrogen) atoms. The van der Waals surface area contributed by atoms with Gasteiger partial charge in [0, 0.05) is 13.7 Å². The number of hydrogen-bond donors (Lipinski definition) is 2. The zero-order valence-electron chi connectivity index (χ0n) is 9.93. The van der Waals surface area contributed by atoms with Crippen LogP contribution in [0.3, 0.4) is 0 Å². The Labute approximate surface area is 101 Å². The number of nitrogens with zero attached hydrogens (tertiary/aromatic N) is 1. The van der Waals surface area contributed by atoms with Crippen molar-refractivity contribution < 1.29 is 14.6 Å². The van der Waals surface area contributed by atoms with Gasteiger partial charge >= 0.3 is 0 Å². The van der Waals surface area contributed by atoms with Gasteiger partial charge in [-0.1, -0.05) is 6.07 Å². The Hall–Kier alpha value is -1.77. The molecule has 0 saturated heterocycles. The van der Waals surface area contributed by atoms with Crippen molar-refractivity contribution >= 4 is 5.69 Å². The second-order valence-electron chi connectivity index (χ2n) is 3.48. The number of anilines is 1. The topological polar surface area (TPSA) is 74.5 Å². The first-order valence-corrected chi connectivity index (χ1v) is 5.21. The standard InChI is InChI=1S/C12H16N2O3/c1-16-8-10(15)7-14-12-9(6-13)4-3-5-11(12)17-2/h3-5,10,14-15H,7-8H2,1-2H3. The molecule has 2 N–H and O–H groups in total. The summed E-state index contributed by atoms with van der Waals surface area (Å²) in [6, 6.07) is 7.26. The highest BCUT2D eigenvalue weighted by molar-refractivity contribution is 5.66. The van der Waals surface area contributed by atoms with Gasteiger partial charge in [-0.25, -0.2) is 0 Å². The Morgan fingerprint density at radius 1 is 1.47 bits per heavy atom. The van der Waals surface area contributed by atoms with E-state index in [2.05, 4.69) is 11.4 Å². The van der Waals surface area contributed by atoms with Gasteiger partial charge in [0.15, 0.2) is 0 Å². The fraction of sp³-hybridized carbons (Fsp3) is 0.417. The van der Waals surface area contributed by atoms with Crippen molar-refractivity contribution in [2.45, 2.75) is 6.10 Å². The second kappa shape index (κ2) is 6.74. The van der Waals surface area contributed by atoms with E-state index in [9.17, 15) is 5.11 Å². The molecule has 5 nitrogen and oxygen atoms in total. The maximum absolute atomic E-state index is 9.53. The molecule has 0 bridgehead atoms. The van der Waals surface area contributed by atoms with Gasteiger partial charge in [0.2, 0.25) is 0 Å². The van der Waals surface area contributed by atoms with Gasteiger partial charge in [0.05, 0.1) is 31.1 Å². The summed E-state index contributed by atoms with van der Waals surface area (Å²) in [6.45, 7) is 0.535. The minimum Gasteiger partial charge on any atom is -0.495 e. The van der Waals surface area contributed by atoms with Crippen molar-refractivity contribution in [3.8, 4) is 11.8 Å². The fourth-order valence-corrected chi connectivity index (χ4v) is 1.45. The lowest BCUT2D eigenvalue weighted by atomic mass is 10.1. The first-order chi connectivity index (χ1) is 8.22. The van der Waals surface area contributed by atoms with Crippen LogP contribution < -0.4 is 10.1 Å². The zero-order chi connectivity index (χ0) is 12.7. The van der Waals surface area contributed by atoms with E-state index < -0.39 is 6.10 Å². The predicted molar refractivity (Wildman–Crippen MR) is 64.1 cm³/mol. The molecule has 5 heteroatoms. The zero-order valence-corrected chi connectivity index (χ0v) is 9.93. The van der Waals surface area contributed by atoms with Crippen molar-refractivity contribution in [3.63, 3.8) is 0 Å². The van der Waals surface area contributed by atoms with E-state index in [-0.39, 0.29) is 6.61 Å². The van der Waals surface area contributed by atoms with Crippen LogP contribution >= 0.6 is 0 Å². The van der Waals surface area contributed by atoms with Crippen molar-refractivity contribution in [2.24, 2.45) is 0 Å². The van der Waals surface area contributed by atoms with Crippen LogP contribution in [0.2, 0.25) is 0 Å². The number of rotatable bonds is 6. The number of aliphatic hydroxyl groups is 1. The molecule has 92 valence electrons. The number of nitriles is 1. The van der Waals surface area contributed by atoms with Gasteiger partial charge < -0.3 is 19.9 Å². The van der Waals surface area contributed by atoms with Crippen LogP contribution in [0.15, 0.2) is 18.2 Å². The predicted octanol–water partition coefficient (Wildman–Crippen LogP) is 0.986. The van der Waals surface area contributed by atoms with Crippen molar-refractivity contribution in [1.82, 2.24) is 0 Å². The van der Waals surface area contributed by atoms with Gasteiger partial charge in [-0.3, -0.25) is 0 Å². The van der Waals surface area contributed by atoms with Gasteiger partial charge in [0.25, 0.3) is 0 Å². The Bertz CT molecular complexity index is 401. The van der Waals surface area contributed by atoms with E-state index in [0.717, 1.165) is 0 Å². The van der Waals surface area contributed by atoms with Crippen LogP contribution in [-0.4, -0.2) is 38.6 Å². The molecule has 1 unspecified atom stereocenters. The summed E-state index contributed by atoms with van der Waals surface area (Å²) in [5, 5.41) is 21.5. The third-order valence-corrected chi connectivity index (χ3v) is 2.24. The van der Waals surface area contributed by atoms with Crippen LogP contribution in [-0.2, 0) is 4.74 Å². The maximum atomic E-state index is 9.53. The van der Waals surface area contributed by atoms with Gasteiger partial charge in [0.1, 0.15) is 11.8 Å². The summed E-state index contributed by atoms with van der Waals surface area (Å²) < 4.78 is 9.97. The van der Waals surface area contributed by atoms with E-state index in [4.69, 9.17) is 14.7 Å². The molecular weight excluding hydrogens is 220 g/mol. The number of para-hydroxylation sites is 1. The molecule has 1 atom stereocenters. The van der Waals surface area contributed by atoms with Gasteiger partial charge in [-0.05, 0) is 12.1 Å². The van der Waals surface area contributed by atoms with E-state index in [1.54, 1.807) is 18.2 Å². The molecule has 0 saturated carbocycles. The van der Waals surface area contributed by atoms with Gasteiger partial charge in [-0.15, -0.1) is 0 Å². The monoisotopic (exact) mass is 236 g/mol. The van der Waals surface area contributed by atoms with Crippen LogP contribution in [0.5, 0.6) is 5.75 Å². The summed E-state index contributed by atoms with van der Waals surface area (Å²) >= 11 is 0. The first-order valence-electron chi connectivity index (χ1n) is 5.21. The summed E-state index contributed by atoms with van der Waals surface area (Å²) in [7, 11) is 3.06. The molecule has 0 heterocycles. The number of hydrogen-bond acceptors (Lipinski definition) is 5. The third-order valence-electron chi connectivity index (χ3n) is 2.24. The van der Waals surface area contributed by atoms with Crippen LogP contribution in [0.1, 0.15) is 5.56 Å². The first kappa shape index (κ1) is 13.3. The van der Waals surface area contributed by atoms with Crippen LogP contribution in [0.25, 0.3) is 0 Å². The fourth-order valence-electron chi connectivity index (χ4n) is 1.45. The number of methoxy groups -OCH3 is 2. The maximum Gasteiger partial charge on any atom is 0.143 e. The highest BCUT2D eigenvalue weighted by Crippen LogP contribution is 2.27. The Morgan fingerprint density at radius 3 is 2.82 bits per heavy atom. The normalized spacial score (nSPS) is 11.6. The molecule has 0 aromatic heterocycles.